The molecule has 1 fully saturated rings. The Hall–Kier alpha value is -2.41. The van der Waals surface area contributed by atoms with Crippen LogP contribution in [-0.2, 0) is 20.0 Å². The largest absolute Gasteiger partial charge is 0.495 e. The van der Waals surface area contributed by atoms with Crippen LogP contribution in [0.25, 0.3) is 10.2 Å². The van der Waals surface area contributed by atoms with Gasteiger partial charge in [-0.2, -0.15) is 4.31 Å². The molecular formula is C21H25N3O6S3. The fourth-order valence-corrected chi connectivity index (χ4v) is 7.64. The second-order valence-corrected chi connectivity index (χ2v) is 12.7. The lowest BCUT2D eigenvalue weighted by molar-refractivity contribution is 0.416. The normalized spacial score (nSPS) is 15.4. The smallest absolute Gasteiger partial charge is 0.308 e. The molecule has 2 aromatic carbocycles. The van der Waals surface area contributed by atoms with Crippen LogP contribution < -0.4 is 14.3 Å². The van der Waals surface area contributed by atoms with E-state index in [9.17, 15) is 21.6 Å². The number of anilines is 1. The number of nitrogens with one attached hydrogen (secondary N) is 1. The molecule has 12 heteroatoms. The van der Waals surface area contributed by atoms with Crippen molar-refractivity contribution < 1.29 is 21.6 Å². The summed E-state index contributed by atoms with van der Waals surface area (Å²) in [6.07, 6.45) is 1.59. The second-order valence-electron chi connectivity index (χ2n) is 8.04. The Morgan fingerprint density at radius 1 is 1.00 bits per heavy atom. The van der Waals surface area contributed by atoms with Gasteiger partial charge in [0.25, 0.3) is 10.0 Å². The standard InChI is InChI=1S/C21H25N3O6S3/c1-14(2)24-18-8-6-15(13-20(18)31-21(24)25)32(26,27)22-17-12-16(7-9-19(17)30-3)33(28,29)23-10-4-5-11-23/h6-9,12-14,22H,4-5,10-11H2,1-3H3. The van der Waals surface area contributed by atoms with Gasteiger partial charge in [0, 0.05) is 19.1 Å². The summed E-state index contributed by atoms with van der Waals surface area (Å²) >= 11 is 0.977. The summed E-state index contributed by atoms with van der Waals surface area (Å²) in [6, 6.07) is 8.52. The number of nitrogens with zero attached hydrogens (tertiary/aromatic N) is 2. The number of rotatable bonds is 7. The average Bonchev–Trinajstić information content (AvgIpc) is 3.40. The summed E-state index contributed by atoms with van der Waals surface area (Å²) in [6.45, 7) is 4.65. The topological polar surface area (TPSA) is 115 Å². The van der Waals surface area contributed by atoms with Crippen LogP contribution in [0.3, 0.4) is 0 Å². The van der Waals surface area contributed by atoms with E-state index in [1.807, 2.05) is 13.8 Å². The van der Waals surface area contributed by atoms with Crippen molar-refractivity contribution in [3.05, 3.63) is 46.1 Å². The van der Waals surface area contributed by atoms with E-state index in [0.717, 1.165) is 24.2 Å². The van der Waals surface area contributed by atoms with Crippen LogP contribution in [0.5, 0.6) is 5.75 Å². The van der Waals surface area contributed by atoms with Gasteiger partial charge < -0.3 is 4.74 Å². The van der Waals surface area contributed by atoms with Gasteiger partial charge in [-0.25, -0.2) is 16.8 Å². The highest BCUT2D eigenvalue weighted by Gasteiger charge is 2.28. The molecule has 1 aromatic heterocycles. The minimum atomic E-state index is -4.09. The van der Waals surface area contributed by atoms with Crippen molar-refractivity contribution in [2.24, 2.45) is 0 Å². The first-order chi connectivity index (χ1) is 15.5. The molecule has 0 unspecified atom stereocenters. The van der Waals surface area contributed by atoms with Crippen LogP contribution in [0.2, 0.25) is 0 Å². The monoisotopic (exact) mass is 511 g/mol. The van der Waals surface area contributed by atoms with E-state index in [1.165, 1.54) is 41.7 Å². The van der Waals surface area contributed by atoms with E-state index in [1.54, 1.807) is 10.6 Å². The van der Waals surface area contributed by atoms with Gasteiger partial charge in [0.1, 0.15) is 5.75 Å². The number of benzene rings is 2. The number of methoxy groups -OCH3 is 1. The van der Waals surface area contributed by atoms with E-state index >= 15 is 0 Å². The third kappa shape index (κ3) is 4.39. The first-order valence-corrected chi connectivity index (χ1v) is 14.1. The number of sulfonamides is 2. The van der Waals surface area contributed by atoms with Crippen LogP contribution in [-0.4, -0.2) is 45.9 Å². The third-order valence-corrected chi connectivity index (χ3v) is 9.71. The summed E-state index contributed by atoms with van der Waals surface area (Å²) in [5, 5.41) is 0. The summed E-state index contributed by atoms with van der Waals surface area (Å²) < 4.78 is 63.4. The average molecular weight is 512 g/mol. The summed E-state index contributed by atoms with van der Waals surface area (Å²) in [7, 11) is -6.45. The lowest BCUT2D eigenvalue weighted by atomic mass is 10.3. The molecule has 178 valence electrons. The van der Waals surface area contributed by atoms with Gasteiger partial charge in [-0.1, -0.05) is 11.3 Å². The van der Waals surface area contributed by atoms with Crippen molar-refractivity contribution in [3.63, 3.8) is 0 Å². The Kier molecular flexibility index (Phi) is 6.29. The van der Waals surface area contributed by atoms with Crippen LogP contribution in [0.4, 0.5) is 5.69 Å². The molecule has 1 saturated heterocycles. The van der Waals surface area contributed by atoms with E-state index in [0.29, 0.717) is 23.3 Å². The molecule has 0 aliphatic carbocycles. The van der Waals surface area contributed by atoms with Gasteiger partial charge in [-0.05, 0) is 63.1 Å². The van der Waals surface area contributed by atoms with Crippen molar-refractivity contribution >= 4 is 47.3 Å². The maximum atomic E-state index is 13.1. The fourth-order valence-electron chi connectivity index (χ4n) is 3.88. The second kappa shape index (κ2) is 8.75. The van der Waals surface area contributed by atoms with Gasteiger partial charge in [0.2, 0.25) is 10.0 Å². The maximum Gasteiger partial charge on any atom is 0.308 e. The zero-order valence-corrected chi connectivity index (χ0v) is 20.9. The molecule has 2 heterocycles. The Morgan fingerprint density at radius 3 is 2.30 bits per heavy atom. The fraction of sp³-hybridized carbons (Fsp3) is 0.381. The highest BCUT2D eigenvalue weighted by Crippen LogP contribution is 2.32. The molecule has 0 radical (unpaired) electrons. The van der Waals surface area contributed by atoms with Gasteiger partial charge >= 0.3 is 4.87 Å². The first-order valence-electron chi connectivity index (χ1n) is 10.4. The van der Waals surface area contributed by atoms with Crippen molar-refractivity contribution in [3.8, 4) is 5.75 Å². The summed E-state index contributed by atoms with van der Waals surface area (Å²) in [4.78, 5) is 12.1. The molecule has 0 saturated carbocycles. The summed E-state index contributed by atoms with van der Waals surface area (Å²) in [5.74, 6) is 0.190. The minimum absolute atomic E-state index is 0.00872. The number of aromatic nitrogens is 1. The molecule has 1 aliphatic rings. The Labute approximate surface area is 196 Å². The van der Waals surface area contributed by atoms with E-state index in [2.05, 4.69) is 4.72 Å². The quantitative estimate of drug-likeness (QED) is 0.521. The zero-order valence-electron chi connectivity index (χ0n) is 18.4. The van der Waals surface area contributed by atoms with E-state index in [-0.39, 0.29) is 32.1 Å². The molecule has 33 heavy (non-hydrogen) atoms. The molecule has 1 N–H and O–H groups in total. The third-order valence-electron chi connectivity index (χ3n) is 5.53. The minimum Gasteiger partial charge on any atom is -0.495 e. The molecule has 0 spiro atoms. The highest BCUT2D eigenvalue weighted by atomic mass is 32.2. The predicted molar refractivity (Wildman–Crippen MR) is 128 cm³/mol. The van der Waals surface area contributed by atoms with Gasteiger partial charge in [0.15, 0.2) is 0 Å². The van der Waals surface area contributed by atoms with Gasteiger partial charge in [-0.3, -0.25) is 14.1 Å². The van der Waals surface area contributed by atoms with Crippen molar-refractivity contribution in [1.29, 1.82) is 0 Å². The Balaban J connectivity index is 1.72. The molecule has 9 nitrogen and oxygen atoms in total. The molecule has 0 bridgehead atoms. The van der Waals surface area contributed by atoms with E-state index in [4.69, 9.17) is 4.74 Å². The van der Waals surface area contributed by atoms with Crippen LogP contribution >= 0.6 is 11.3 Å². The molecule has 4 rings (SSSR count). The Morgan fingerprint density at radius 2 is 1.67 bits per heavy atom. The van der Waals surface area contributed by atoms with E-state index < -0.39 is 20.0 Å². The highest BCUT2D eigenvalue weighted by molar-refractivity contribution is 7.92. The van der Waals surface area contributed by atoms with Gasteiger partial charge in [-0.15, -0.1) is 0 Å². The van der Waals surface area contributed by atoms with Crippen molar-refractivity contribution in [2.75, 3.05) is 24.9 Å². The number of fused-ring (bicyclic) bond motifs is 1. The number of hydrogen-bond donors (Lipinski definition) is 1. The summed E-state index contributed by atoms with van der Waals surface area (Å²) in [5.41, 5.74) is 0.682. The van der Waals surface area contributed by atoms with Gasteiger partial charge in [0.05, 0.1) is 32.8 Å². The predicted octanol–water partition coefficient (Wildman–Crippen LogP) is 3.24. The lowest BCUT2D eigenvalue weighted by Crippen LogP contribution is -2.28. The van der Waals surface area contributed by atoms with Crippen molar-refractivity contribution in [1.82, 2.24) is 8.87 Å². The number of thiazole rings is 1. The van der Waals surface area contributed by atoms with Crippen LogP contribution in [0.15, 0.2) is 51.0 Å². The maximum absolute atomic E-state index is 13.1. The Bertz CT molecular complexity index is 1470. The molecule has 0 atom stereocenters. The molecular weight excluding hydrogens is 486 g/mol. The molecule has 1 aliphatic heterocycles. The number of hydrogen-bond acceptors (Lipinski definition) is 7. The number of ether oxygens (including phenoxy) is 1. The molecule has 0 amide bonds. The van der Waals surface area contributed by atoms with Crippen LogP contribution in [0, 0.1) is 0 Å². The van der Waals surface area contributed by atoms with Crippen LogP contribution in [0.1, 0.15) is 32.7 Å². The first kappa shape index (κ1) is 23.7. The lowest BCUT2D eigenvalue weighted by Gasteiger charge is -2.18. The SMILES string of the molecule is COc1ccc(S(=O)(=O)N2CCCC2)cc1NS(=O)(=O)c1ccc2c(c1)sc(=O)n2C(C)C. The molecule has 3 aromatic rings. The van der Waals surface area contributed by atoms with Crippen molar-refractivity contribution in [2.45, 2.75) is 42.5 Å². The zero-order chi connectivity index (χ0) is 24.0.